The second kappa shape index (κ2) is 9.58. The van der Waals surface area contributed by atoms with Crippen molar-refractivity contribution < 1.29 is 9.53 Å². The van der Waals surface area contributed by atoms with Gasteiger partial charge in [0.25, 0.3) is 0 Å². The van der Waals surface area contributed by atoms with Gasteiger partial charge < -0.3 is 15.0 Å². The lowest BCUT2D eigenvalue weighted by Crippen LogP contribution is -2.41. The van der Waals surface area contributed by atoms with Crippen LogP contribution in [0.4, 0.5) is 4.79 Å². The molecule has 0 bridgehead atoms. The minimum atomic E-state index is -0.0743. The fourth-order valence-electron chi connectivity index (χ4n) is 2.23. The quantitative estimate of drug-likeness (QED) is 0.814. The fourth-order valence-corrected chi connectivity index (χ4v) is 2.23. The largest absolute Gasteiger partial charge is 0.383 e. The average molecular weight is 313 g/mol. The Kier molecular flexibility index (Phi) is 7.07. The Morgan fingerprint density at radius 3 is 2.57 bits per heavy atom. The Bertz CT molecular complexity index is 575. The summed E-state index contributed by atoms with van der Waals surface area (Å²) in [5, 5.41) is 2.98. The van der Waals surface area contributed by atoms with E-state index in [1.165, 1.54) is 5.56 Å². The van der Waals surface area contributed by atoms with Gasteiger partial charge in [-0.05, 0) is 29.7 Å². The summed E-state index contributed by atoms with van der Waals surface area (Å²) in [5.41, 5.74) is 2.26. The van der Waals surface area contributed by atoms with Gasteiger partial charge in [0.2, 0.25) is 0 Å². The zero-order chi connectivity index (χ0) is 16.3. The van der Waals surface area contributed by atoms with Gasteiger partial charge >= 0.3 is 6.03 Å². The molecule has 2 amide bonds. The Balaban J connectivity index is 1.85. The van der Waals surface area contributed by atoms with Crippen LogP contribution in [0.5, 0.6) is 0 Å². The van der Waals surface area contributed by atoms with Gasteiger partial charge in [0, 0.05) is 39.1 Å². The maximum Gasteiger partial charge on any atom is 0.317 e. The van der Waals surface area contributed by atoms with E-state index in [2.05, 4.69) is 22.4 Å². The summed E-state index contributed by atoms with van der Waals surface area (Å²) in [6.07, 6.45) is 4.29. The maximum absolute atomic E-state index is 12.4. The van der Waals surface area contributed by atoms with Crippen LogP contribution in [0.25, 0.3) is 0 Å². The van der Waals surface area contributed by atoms with Gasteiger partial charge in [-0.25, -0.2) is 4.79 Å². The van der Waals surface area contributed by atoms with Gasteiger partial charge in [0.05, 0.1) is 6.61 Å². The first-order valence-corrected chi connectivity index (χ1v) is 7.74. The highest BCUT2D eigenvalue weighted by molar-refractivity contribution is 5.74. The number of benzene rings is 1. The summed E-state index contributed by atoms with van der Waals surface area (Å²) >= 11 is 0. The van der Waals surface area contributed by atoms with Crippen LogP contribution < -0.4 is 5.32 Å². The van der Waals surface area contributed by atoms with Crippen molar-refractivity contribution in [3.63, 3.8) is 0 Å². The van der Waals surface area contributed by atoms with Gasteiger partial charge in [0.15, 0.2) is 0 Å². The zero-order valence-corrected chi connectivity index (χ0v) is 13.4. The first-order valence-electron chi connectivity index (χ1n) is 7.74. The standard InChI is InChI=1S/C18H23N3O2/c1-23-14-13-21(15-17-7-10-19-11-8-17)18(22)20-12-9-16-5-3-2-4-6-16/h2-8,10-11H,9,12-15H2,1H3,(H,20,22). The van der Waals surface area contributed by atoms with E-state index < -0.39 is 0 Å². The summed E-state index contributed by atoms with van der Waals surface area (Å²) in [5.74, 6) is 0. The van der Waals surface area contributed by atoms with Gasteiger partial charge in [-0.3, -0.25) is 4.98 Å². The molecule has 0 atom stereocenters. The minimum absolute atomic E-state index is 0.0743. The Hall–Kier alpha value is -2.40. The molecule has 0 spiro atoms. The summed E-state index contributed by atoms with van der Waals surface area (Å²) < 4.78 is 5.10. The first-order chi connectivity index (χ1) is 11.3. The second-order valence-electron chi connectivity index (χ2n) is 5.24. The van der Waals surface area contributed by atoms with Crippen LogP contribution in [0.1, 0.15) is 11.1 Å². The molecule has 5 nitrogen and oxygen atoms in total. The molecular weight excluding hydrogens is 290 g/mol. The molecule has 1 N–H and O–H groups in total. The second-order valence-corrected chi connectivity index (χ2v) is 5.24. The van der Waals surface area contributed by atoms with E-state index in [4.69, 9.17) is 4.74 Å². The maximum atomic E-state index is 12.4. The van der Waals surface area contributed by atoms with Gasteiger partial charge in [-0.2, -0.15) is 0 Å². The van der Waals surface area contributed by atoms with E-state index >= 15 is 0 Å². The van der Waals surface area contributed by atoms with Crippen molar-refractivity contribution in [2.24, 2.45) is 0 Å². The lowest BCUT2D eigenvalue weighted by Gasteiger charge is -2.23. The number of carbonyl (C=O) groups is 1. The van der Waals surface area contributed by atoms with Crippen molar-refractivity contribution in [1.82, 2.24) is 15.2 Å². The van der Waals surface area contributed by atoms with Crippen LogP contribution in [-0.4, -0.2) is 42.7 Å². The SMILES string of the molecule is COCCN(Cc1ccncc1)C(=O)NCCc1ccccc1. The van der Waals surface area contributed by atoms with Crippen LogP contribution >= 0.6 is 0 Å². The number of hydrogen-bond donors (Lipinski definition) is 1. The number of hydrogen-bond acceptors (Lipinski definition) is 3. The predicted octanol–water partition coefficient (Wildman–Crippen LogP) is 2.48. The zero-order valence-electron chi connectivity index (χ0n) is 13.4. The predicted molar refractivity (Wildman–Crippen MR) is 90.1 cm³/mol. The van der Waals surface area contributed by atoms with Gasteiger partial charge in [0.1, 0.15) is 0 Å². The highest BCUT2D eigenvalue weighted by atomic mass is 16.5. The number of methoxy groups -OCH3 is 1. The number of amides is 2. The molecule has 1 aromatic heterocycles. The van der Waals surface area contributed by atoms with E-state index in [0.717, 1.165) is 12.0 Å². The van der Waals surface area contributed by atoms with Crippen molar-refractivity contribution in [3.8, 4) is 0 Å². The summed E-state index contributed by atoms with van der Waals surface area (Å²) in [6, 6.07) is 13.9. The summed E-state index contributed by atoms with van der Waals surface area (Å²) in [4.78, 5) is 18.1. The smallest absolute Gasteiger partial charge is 0.317 e. The van der Waals surface area contributed by atoms with E-state index in [-0.39, 0.29) is 6.03 Å². The molecule has 122 valence electrons. The Labute approximate surface area is 137 Å². The van der Waals surface area contributed by atoms with Crippen LogP contribution in [0.3, 0.4) is 0 Å². The molecule has 1 heterocycles. The van der Waals surface area contributed by atoms with Crippen LogP contribution in [0.15, 0.2) is 54.9 Å². The van der Waals surface area contributed by atoms with Crippen molar-refractivity contribution in [3.05, 3.63) is 66.0 Å². The number of nitrogens with one attached hydrogen (secondary N) is 1. The van der Waals surface area contributed by atoms with Crippen molar-refractivity contribution in [2.75, 3.05) is 26.8 Å². The molecule has 0 fully saturated rings. The number of rotatable bonds is 8. The minimum Gasteiger partial charge on any atom is -0.383 e. The van der Waals surface area contributed by atoms with Crippen LogP contribution in [0.2, 0.25) is 0 Å². The Morgan fingerprint density at radius 2 is 1.87 bits per heavy atom. The number of urea groups is 1. The van der Waals surface area contributed by atoms with Gasteiger partial charge in [-0.1, -0.05) is 30.3 Å². The van der Waals surface area contributed by atoms with E-state index in [0.29, 0.717) is 26.2 Å². The number of aromatic nitrogens is 1. The molecule has 0 saturated carbocycles. The van der Waals surface area contributed by atoms with Crippen molar-refractivity contribution in [1.29, 1.82) is 0 Å². The third-order valence-electron chi connectivity index (χ3n) is 3.51. The average Bonchev–Trinajstić information content (AvgIpc) is 2.60. The first kappa shape index (κ1) is 17.0. The summed E-state index contributed by atoms with van der Waals surface area (Å²) in [7, 11) is 1.64. The molecule has 23 heavy (non-hydrogen) atoms. The molecule has 0 radical (unpaired) electrons. The monoisotopic (exact) mass is 313 g/mol. The molecular formula is C18H23N3O2. The molecule has 0 aliphatic heterocycles. The molecule has 0 saturated heterocycles. The highest BCUT2D eigenvalue weighted by Crippen LogP contribution is 2.04. The lowest BCUT2D eigenvalue weighted by molar-refractivity contribution is 0.146. The van der Waals surface area contributed by atoms with Crippen LogP contribution in [-0.2, 0) is 17.7 Å². The Morgan fingerprint density at radius 1 is 1.13 bits per heavy atom. The number of carbonyl (C=O) groups excluding carboxylic acids is 1. The molecule has 5 heteroatoms. The van der Waals surface area contributed by atoms with Crippen molar-refractivity contribution in [2.45, 2.75) is 13.0 Å². The molecule has 2 aromatic rings. The van der Waals surface area contributed by atoms with E-state index in [9.17, 15) is 4.79 Å². The third-order valence-corrected chi connectivity index (χ3v) is 3.51. The summed E-state index contributed by atoms with van der Waals surface area (Å²) in [6.45, 7) is 2.22. The number of pyridine rings is 1. The molecule has 2 rings (SSSR count). The van der Waals surface area contributed by atoms with Crippen LogP contribution in [0, 0.1) is 0 Å². The van der Waals surface area contributed by atoms with E-state index in [1.54, 1.807) is 24.4 Å². The molecule has 0 unspecified atom stereocenters. The lowest BCUT2D eigenvalue weighted by atomic mass is 10.1. The normalized spacial score (nSPS) is 10.3. The molecule has 0 aliphatic rings. The fraction of sp³-hybridized carbons (Fsp3) is 0.333. The van der Waals surface area contributed by atoms with E-state index in [1.807, 2.05) is 30.3 Å². The highest BCUT2D eigenvalue weighted by Gasteiger charge is 2.13. The third kappa shape index (κ3) is 6.08. The van der Waals surface area contributed by atoms with Crippen molar-refractivity contribution >= 4 is 6.03 Å². The van der Waals surface area contributed by atoms with Gasteiger partial charge in [-0.15, -0.1) is 0 Å². The number of ether oxygens (including phenoxy) is 1. The molecule has 0 aliphatic carbocycles. The number of nitrogens with zero attached hydrogens (tertiary/aromatic N) is 2. The molecule has 1 aromatic carbocycles. The topological polar surface area (TPSA) is 54.5 Å².